The number of aromatic nitrogens is 2. The van der Waals surface area contributed by atoms with Crippen molar-refractivity contribution in [1.82, 2.24) is 9.78 Å². The van der Waals surface area contributed by atoms with Crippen molar-refractivity contribution in [3.63, 3.8) is 0 Å². The summed E-state index contributed by atoms with van der Waals surface area (Å²) < 4.78 is 6.18. The maximum atomic E-state index is 11.7. The molecule has 0 aliphatic rings. The van der Waals surface area contributed by atoms with Gasteiger partial charge in [0.1, 0.15) is 11.6 Å². The fraction of sp³-hybridized carbons (Fsp3) is 0.154. The van der Waals surface area contributed by atoms with E-state index in [0.29, 0.717) is 0 Å². The van der Waals surface area contributed by atoms with Crippen LogP contribution in [0.15, 0.2) is 30.3 Å². The minimum atomic E-state index is -1.28. The second-order valence-electron chi connectivity index (χ2n) is 4.13. The van der Waals surface area contributed by atoms with Crippen LogP contribution in [0.5, 0.6) is 0 Å². The molecule has 1 heterocycles. The number of amides is 1. The van der Waals surface area contributed by atoms with Crippen LogP contribution in [0, 0.1) is 0 Å². The monoisotopic (exact) mass is 309 g/mol. The molecule has 0 saturated heterocycles. The van der Waals surface area contributed by atoms with E-state index in [1.54, 1.807) is 0 Å². The molecule has 1 aromatic heterocycles. The van der Waals surface area contributed by atoms with Gasteiger partial charge in [0.25, 0.3) is 0 Å². The average molecular weight is 310 g/mol. The van der Waals surface area contributed by atoms with Crippen molar-refractivity contribution in [3.05, 3.63) is 46.6 Å². The summed E-state index contributed by atoms with van der Waals surface area (Å²) in [6.45, 7) is 0.0912. The quantitative estimate of drug-likeness (QED) is 0.905. The summed E-state index contributed by atoms with van der Waals surface area (Å²) >= 11 is 5.85. The van der Waals surface area contributed by atoms with Gasteiger partial charge in [0, 0.05) is 7.05 Å². The Morgan fingerprint density at radius 3 is 2.62 bits per heavy atom. The van der Waals surface area contributed by atoms with Gasteiger partial charge in [-0.05, 0) is 5.56 Å². The lowest BCUT2D eigenvalue weighted by atomic mass is 10.2. The van der Waals surface area contributed by atoms with Crippen molar-refractivity contribution in [1.29, 1.82) is 0 Å². The Morgan fingerprint density at radius 2 is 2.05 bits per heavy atom. The number of aryl methyl sites for hydroxylation is 1. The fourth-order valence-corrected chi connectivity index (χ4v) is 1.91. The van der Waals surface area contributed by atoms with Gasteiger partial charge in [-0.3, -0.25) is 10.00 Å². The van der Waals surface area contributed by atoms with E-state index >= 15 is 0 Å². The summed E-state index contributed by atoms with van der Waals surface area (Å²) in [7, 11) is 1.46. The molecular formula is C13H12ClN3O4. The van der Waals surface area contributed by atoms with Gasteiger partial charge < -0.3 is 9.84 Å². The van der Waals surface area contributed by atoms with Gasteiger partial charge in [-0.1, -0.05) is 41.9 Å². The van der Waals surface area contributed by atoms with E-state index in [9.17, 15) is 9.59 Å². The molecule has 0 atom stereocenters. The second-order valence-corrected chi connectivity index (χ2v) is 4.50. The second kappa shape index (κ2) is 6.27. The van der Waals surface area contributed by atoms with Crippen LogP contribution < -0.4 is 5.32 Å². The van der Waals surface area contributed by atoms with E-state index in [2.05, 4.69) is 10.4 Å². The molecule has 0 aliphatic heterocycles. The largest absolute Gasteiger partial charge is 0.476 e. The summed E-state index contributed by atoms with van der Waals surface area (Å²) in [5, 5.41) is 14.8. The predicted octanol–water partition coefficient (Wildman–Crippen LogP) is 2.52. The summed E-state index contributed by atoms with van der Waals surface area (Å²) in [5.74, 6) is -1.21. The molecule has 110 valence electrons. The molecule has 7 nitrogen and oxygen atoms in total. The number of carboxylic acids is 1. The molecular weight excluding hydrogens is 298 g/mol. The summed E-state index contributed by atoms with van der Waals surface area (Å²) in [6, 6.07) is 9.13. The van der Waals surface area contributed by atoms with E-state index in [1.807, 2.05) is 30.3 Å². The van der Waals surface area contributed by atoms with Crippen LogP contribution in [0.3, 0.4) is 0 Å². The predicted molar refractivity (Wildman–Crippen MR) is 75.4 cm³/mol. The van der Waals surface area contributed by atoms with Gasteiger partial charge in [-0.25, -0.2) is 9.59 Å². The molecule has 1 aromatic carbocycles. The van der Waals surface area contributed by atoms with E-state index in [4.69, 9.17) is 21.4 Å². The van der Waals surface area contributed by atoms with E-state index < -0.39 is 12.1 Å². The van der Waals surface area contributed by atoms with Crippen LogP contribution in [0.2, 0.25) is 5.02 Å². The number of rotatable bonds is 4. The highest BCUT2D eigenvalue weighted by Gasteiger charge is 2.21. The van der Waals surface area contributed by atoms with Crippen LogP contribution in [-0.4, -0.2) is 26.9 Å². The van der Waals surface area contributed by atoms with E-state index in [1.165, 1.54) is 7.05 Å². The molecule has 2 aromatic rings. The Bertz CT molecular complexity index is 670. The van der Waals surface area contributed by atoms with E-state index in [-0.39, 0.29) is 23.1 Å². The number of halogens is 1. The molecule has 21 heavy (non-hydrogen) atoms. The Balaban J connectivity index is 2.02. The third-order valence-electron chi connectivity index (χ3n) is 2.63. The molecule has 0 bridgehead atoms. The van der Waals surface area contributed by atoms with Crippen LogP contribution in [-0.2, 0) is 18.4 Å². The van der Waals surface area contributed by atoms with Crippen LogP contribution in [0.1, 0.15) is 16.1 Å². The normalized spacial score (nSPS) is 10.2. The zero-order valence-electron chi connectivity index (χ0n) is 11.0. The molecule has 1 amide bonds. The molecule has 0 fully saturated rings. The summed E-state index contributed by atoms with van der Waals surface area (Å²) in [6.07, 6.45) is -0.749. The molecule has 0 spiro atoms. The van der Waals surface area contributed by atoms with Gasteiger partial charge in [-0.2, -0.15) is 5.10 Å². The Morgan fingerprint density at radius 1 is 1.38 bits per heavy atom. The lowest BCUT2D eigenvalue weighted by molar-refractivity contribution is 0.0689. The average Bonchev–Trinajstić information content (AvgIpc) is 2.74. The summed E-state index contributed by atoms with van der Waals surface area (Å²) in [4.78, 5) is 22.6. The number of carbonyl (C=O) groups excluding carboxylic acids is 1. The van der Waals surface area contributed by atoms with Crippen molar-refractivity contribution < 1.29 is 19.4 Å². The van der Waals surface area contributed by atoms with Gasteiger partial charge in [-0.15, -0.1) is 0 Å². The number of hydrogen-bond acceptors (Lipinski definition) is 4. The number of nitrogens with zero attached hydrogens (tertiary/aromatic N) is 2. The first-order valence-electron chi connectivity index (χ1n) is 5.92. The minimum Gasteiger partial charge on any atom is -0.476 e. The van der Waals surface area contributed by atoms with Crippen molar-refractivity contribution in [3.8, 4) is 0 Å². The Kier molecular flexibility index (Phi) is 4.44. The Labute approximate surface area is 125 Å². The van der Waals surface area contributed by atoms with Gasteiger partial charge >= 0.3 is 12.1 Å². The van der Waals surface area contributed by atoms with Crippen molar-refractivity contribution >= 4 is 29.5 Å². The number of anilines is 1. The smallest absolute Gasteiger partial charge is 0.413 e. The first kappa shape index (κ1) is 14.9. The number of benzene rings is 1. The maximum Gasteiger partial charge on any atom is 0.413 e. The number of carbonyl (C=O) groups is 2. The third-order valence-corrected chi connectivity index (χ3v) is 2.98. The molecule has 0 unspecified atom stereocenters. The topological polar surface area (TPSA) is 93.5 Å². The SMILES string of the molecule is Cn1nc(C(=O)O)c(Cl)c1NC(=O)OCc1ccccc1. The van der Waals surface area contributed by atoms with Crippen LogP contribution >= 0.6 is 11.6 Å². The number of carboxylic acid groups (broad SMARTS) is 1. The number of ether oxygens (including phenoxy) is 1. The first-order valence-corrected chi connectivity index (χ1v) is 6.30. The number of hydrogen-bond donors (Lipinski definition) is 2. The minimum absolute atomic E-state index is 0.0622. The molecule has 0 saturated carbocycles. The zero-order valence-corrected chi connectivity index (χ0v) is 11.8. The zero-order chi connectivity index (χ0) is 15.4. The molecule has 0 aliphatic carbocycles. The lowest BCUT2D eigenvalue weighted by Crippen LogP contribution is -2.16. The van der Waals surface area contributed by atoms with Crippen LogP contribution in [0.25, 0.3) is 0 Å². The van der Waals surface area contributed by atoms with Crippen molar-refractivity contribution in [2.24, 2.45) is 7.05 Å². The van der Waals surface area contributed by atoms with Gasteiger partial charge in [0.05, 0.1) is 0 Å². The highest BCUT2D eigenvalue weighted by atomic mass is 35.5. The highest BCUT2D eigenvalue weighted by molar-refractivity contribution is 6.36. The molecule has 2 rings (SSSR count). The molecule has 8 heteroatoms. The third kappa shape index (κ3) is 3.51. The number of aromatic carboxylic acids is 1. The molecule has 2 N–H and O–H groups in total. The first-order chi connectivity index (χ1) is 9.99. The standard InChI is InChI=1S/C13H12ClN3O4/c1-17-11(9(14)10(16-17)12(18)19)15-13(20)21-7-8-5-3-2-4-6-8/h2-6H,7H2,1H3,(H,15,20)(H,18,19). The van der Waals surface area contributed by atoms with E-state index in [0.717, 1.165) is 10.2 Å². The van der Waals surface area contributed by atoms with Gasteiger partial charge in [0.15, 0.2) is 11.5 Å². The van der Waals surface area contributed by atoms with Crippen molar-refractivity contribution in [2.75, 3.05) is 5.32 Å². The highest BCUT2D eigenvalue weighted by Crippen LogP contribution is 2.25. The maximum absolute atomic E-state index is 11.7. The van der Waals surface area contributed by atoms with Crippen LogP contribution in [0.4, 0.5) is 10.6 Å². The Hall–Kier alpha value is -2.54. The van der Waals surface area contributed by atoms with Gasteiger partial charge in [0.2, 0.25) is 0 Å². The van der Waals surface area contributed by atoms with Crippen molar-refractivity contribution in [2.45, 2.75) is 6.61 Å². The lowest BCUT2D eigenvalue weighted by Gasteiger charge is -2.07. The summed E-state index contributed by atoms with van der Waals surface area (Å²) in [5.41, 5.74) is 0.493. The molecule has 0 radical (unpaired) electrons. The fourth-order valence-electron chi connectivity index (χ4n) is 1.63. The number of nitrogens with one attached hydrogen (secondary N) is 1.